The van der Waals surface area contributed by atoms with Crippen LogP contribution in [0, 0.1) is 0 Å². The van der Waals surface area contributed by atoms with Gasteiger partial charge in [0.2, 0.25) is 0 Å². The number of fused-ring (bicyclic) bond motifs is 1. The van der Waals surface area contributed by atoms with Gasteiger partial charge in [-0.05, 0) is 30.3 Å². The number of amides is 2. The van der Waals surface area contributed by atoms with Crippen LogP contribution in [-0.4, -0.2) is 54.5 Å². The van der Waals surface area contributed by atoms with E-state index in [0.717, 1.165) is 29.5 Å². The zero-order chi connectivity index (χ0) is 22.1. The quantitative estimate of drug-likeness (QED) is 0.584. The second-order valence-electron chi connectivity index (χ2n) is 7.62. The SMILES string of the molecule is O=C(c1csc(CN2C(=O)COc3ccccc32)n1)N1CCN(c2cccc(Cl)c2)CC1. The highest BCUT2D eigenvalue weighted by Gasteiger charge is 2.28. The number of anilines is 2. The van der Waals surface area contributed by atoms with Crippen LogP contribution in [0.4, 0.5) is 11.4 Å². The van der Waals surface area contributed by atoms with E-state index in [2.05, 4.69) is 9.88 Å². The summed E-state index contributed by atoms with van der Waals surface area (Å²) in [5.74, 6) is 0.480. The third-order valence-electron chi connectivity index (χ3n) is 5.61. The highest BCUT2D eigenvalue weighted by molar-refractivity contribution is 7.09. The Kier molecular flexibility index (Phi) is 5.71. The van der Waals surface area contributed by atoms with E-state index in [-0.39, 0.29) is 18.4 Å². The normalized spacial score (nSPS) is 16.0. The molecule has 1 aromatic heterocycles. The molecule has 0 atom stereocenters. The molecule has 7 nitrogen and oxygen atoms in total. The lowest BCUT2D eigenvalue weighted by atomic mass is 10.2. The van der Waals surface area contributed by atoms with E-state index in [1.807, 2.05) is 53.4 Å². The van der Waals surface area contributed by atoms with Crippen LogP contribution in [0.25, 0.3) is 0 Å². The van der Waals surface area contributed by atoms with Crippen LogP contribution in [0.15, 0.2) is 53.9 Å². The van der Waals surface area contributed by atoms with Gasteiger partial charge in [-0.2, -0.15) is 0 Å². The molecule has 0 N–H and O–H groups in total. The number of aromatic nitrogens is 1. The highest BCUT2D eigenvalue weighted by Crippen LogP contribution is 2.33. The number of rotatable bonds is 4. The summed E-state index contributed by atoms with van der Waals surface area (Å²) in [5, 5.41) is 3.20. The number of hydrogen-bond acceptors (Lipinski definition) is 6. The number of ether oxygens (including phenoxy) is 1. The van der Waals surface area contributed by atoms with Gasteiger partial charge in [-0.3, -0.25) is 14.5 Å². The van der Waals surface area contributed by atoms with E-state index >= 15 is 0 Å². The minimum absolute atomic E-state index is 0.00504. The molecule has 164 valence electrons. The maximum absolute atomic E-state index is 13.0. The van der Waals surface area contributed by atoms with E-state index in [1.54, 1.807) is 10.3 Å². The summed E-state index contributed by atoms with van der Waals surface area (Å²) in [6, 6.07) is 15.2. The third-order valence-corrected chi connectivity index (χ3v) is 6.68. The van der Waals surface area contributed by atoms with E-state index in [0.29, 0.717) is 36.1 Å². The molecule has 0 aliphatic carbocycles. The average Bonchev–Trinajstić information content (AvgIpc) is 3.29. The first-order chi connectivity index (χ1) is 15.6. The second kappa shape index (κ2) is 8.80. The maximum Gasteiger partial charge on any atom is 0.273 e. The summed E-state index contributed by atoms with van der Waals surface area (Å²) in [4.78, 5) is 35.7. The predicted molar refractivity (Wildman–Crippen MR) is 125 cm³/mol. The van der Waals surface area contributed by atoms with Gasteiger partial charge in [0.05, 0.1) is 12.2 Å². The van der Waals surface area contributed by atoms with Crippen molar-refractivity contribution in [2.24, 2.45) is 0 Å². The van der Waals surface area contributed by atoms with Crippen LogP contribution in [-0.2, 0) is 11.3 Å². The third kappa shape index (κ3) is 4.16. The smallest absolute Gasteiger partial charge is 0.273 e. The first-order valence-corrected chi connectivity index (χ1v) is 11.6. The van der Waals surface area contributed by atoms with E-state index in [9.17, 15) is 9.59 Å². The lowest BCUT2D eigenvalue weighted by molar-refractivity contribution is -0.121. The zero-order valence-electron chi connectivity index (χ0n) is 17.2. The van der Waals surface area contributed by atoms with Crippen LogP contribution >= 0.6 is 22.9 Å². The van der Waals surface area contributed by atoms with Crippen molar-refractivity contribution in [1.29, 1.82) is 0 Å². The van der Waals surface area contributed by atoms with E-state index < -0.39 is 0 Å². The van der Waals surface area contributed by atoms with Crippen LogP contribution in [0.3, 0.4) is 0 Å². The monoisotopic (exact) mass is 468 g/mol. The Bertz CT molecular complexity index is 1160. The lowest BCUT2D eigenvalue weighted by Gasteiger charge is -2.35. The van der Waals surface area contributed by atoms with Crippen LogP contribution in [0.1, 0.15) is 15.5 Å². The summed E-state index contributed by atoms with van der Waals surface area (Å²) < 4.78 is 5.49. The molecule has 3 aromatic rings. The Labute approximate surface area is 194 Å². The van der Waals surface area contributed by atoms with Gasteiger partial charge in [-0.1, -0.05) is 29.8 Å². The fraction of sp³-hybridized carbons (Fsp3) is 0.261. The number of benzene rings is 2. The molecule has 0 bridgehead atoms. The van der Waals surface area contributed by atoms with Gasteiger partial charge < -0.3 is 14.5 Å². The number of carbonyl (C=O) groups excluding carboxylic acids is 2. The minimum Gasteiger partial charge on any atom is -0.482 e. The fourth-order valence-electron chi connectivity index (χ4n) is 3.95. The number of thiazole rings is 1. The predicted octanol–water partition coefficient (Wildman–Crippen LogP) is 3.68. The molecule has 3 heterocycles. The summed E-state index contributed by atoms with van der Waals surface area (Å²) in [6.45, 7) is 3.04. The molecular weight excluding hydrogens is 448 g/mol. The minimum atomic E-state index is -0.121. The van der Waals surface area contributed by atoms with Crippen molar-refractivity contribution in [3.63, 3.8) is 0 Å². The molecular formula is C23H21ClN4O3S. The summed E-state index contributed by atoms with van der Waals surface area (Å²) >= 11 is 7.50. The highest BCUT2D eigenvalue weighted by atomic mass is 35.5. The van der Waals surface area contributed by atoms with Crippen molar-refractivity contribution in [2.75, 3.05) is 42.6 Å². The largest absolute Gasteiger partial charge is 0.482 e. The molecule has 9 heteroatoms. The summed E-state index contributed by atoms with van der Waals surface area (Å²) in [6.07, 6.45) is 0. The first-order valence-electron chi connectivity index (χ1n) is 10.3. The van der Waals surface area contributed by atoms with Gasteiger partial charge in [0.25, 0.3) is 11.8 Å². The molecule has 0 saturated carbocycles. The number of piperazine rings is 1. The van der Waals surface area contributed by atoms with Crippen molar-refractivity contribution in [3.05, 3.63) is 69.6 Å². The number of para-hydroxylation sites is 2. The van der Waals surface area contributed by atoms with Crippen LogP contribution < -0.4 is 14.5 Å². The number of nitrogens with zero attached hydrogens (tertiary/aromatic N) is 4. The Morgan fingerprint density at radius 3 is 2.72 bits per heavy atom. The molecule has 2 aliphatic rings. The Morgan fingerprint density at radius 1 is 1.09 bits per heavy atom. The molecule has 1 fully saturated rings. The van der Waals surface area contributed by atoms with Crippen molar-refractivity contribution in [2.45, 2.75) is 6.54 Å². The van der Waals surface area contributed by atoms with Gasteiger partial charge in [-0.15, -0.1) is 11.3 Å². The summed E-state index contributed by atoms with van der Waals surface area (Å²) in [7, 11) is 0. The van der Waals surface area contributed by atoms with E-state index in [4.69, 9.17) is 16.3 Å². The second-order valence-corrected chi connectivity index (χ2v) is 9.00. The number of hydrogen-bond donors (Lipinski definition) is 0. The molecule has 32 heavy (non-hydrogen) atoms. The maximum atomic E-state index is 13.0. The van der Waals surface area contributed by atoms with Crippen molar-refractivity contribution in [1.82, 2.24) is 9.88 Å². The molecule has 2 aliphatic heterocycles. The van der Waals surface area contributed by atoms with Gasteiger partial charge in [0.1, 0.15) is 16.5 Å². The topological polar surface area (TPSA) is 66.0 Å². The molecule has 0 unspecified atom stereocenters. The average molecular weight is 469 g/mol. The van der Waals surface area contributed by atoms with Gasteiger partial charge in [0, 0.05) is 42.3 Å². The molecule has 2 amide bonds. The van der Waals surface area contributed by atoms with Gasteiger partial charge in [-0.25, -0.2) is 4.98 Å². The molecule has 0 spiro atoms. The van der Waals surface area contributed by atoms with E-state index in [1.165, 1.54) is 11.3 Å². The van der Waals surface area contributed by atoms with Gasteiger partial charge in [0.15, 0.2) is 6.61 Å². The van der Waals surface area contributed by atoms with Gasteiger partial charge >= 0.3 is 0 Å². The lowest BCUT2D eigenvalue weighted by Crippen LogP contribution is -2.48. The fourth-order valence-corrected chi connectivity index (χ4v) is 4.89. The Hall–Kier alpha value is -3.10. The van der Waals surface area contributed by atoms with Crippen molar-refractivity contribution >= 4 is 46.1 Å². The number of halogens is 1. The van der Waals surface area contributed by atoms with Crippen LogP contribution in [0.2, 0.25) is 5.02 Å². The molecule has 0 radical (unpaired) electrons. The first kappa shape index (κ1) is 20.8. The Balaban J connectivity index is 1.24. The molecule has 1 saturated heterocycles. The summed E-state index contributed by atoms with van der Waals surface area (Å²) in [5.41, 5.74) is 2.22. The van der Waals surface area contributed by atoms with Crippen molar-refractivity contribution in [3.8, 4) is 5.75 Å². The standard InChI is InChI=1S/C23H21ClN4O3S/c24-16-4-3-5-17(12-16)26-8-10-27(11-9-26)23(30)18-15-32-21(25-18)13-28-19-6-1-2-7-20(19)31-14-22(28)29/h1-7,12,15H,8-11,13-14H2. The molecule has 5 rings (SSSR count). The van der Waals surface area contributed by atoms with Crippen LogP contribution in [0.5, 0.6) is 5.75 Å². The Morgan fingerprint density at radius 2 is 1.91 bits per heavy atom. The number of carbonyl (C=O) groups is 2. The zero-order valence-corrected chi connectivity index (χ0v) is 18.8. The molecule has 2 aromatic carbocycles. The van der Waals surface area contributed by atoms with Crippen molar-refractivity contribution < 1.29 is 14.3 Å².